The predicted molar refractivity (Wildman–Crippen MR) is 79.0 cm³/mol. The maximum atomic E-state index is 13.3. The van der Waals surface area contributed by atoms with Gasteiger partial charge in [-0.15, -0.1) is 11.3 Å². The number of hydrogen-bond donors (Lipinski definition) is 1. The standard InChI is InChI=1S/C14H13FN2O4S/c1-3-21-13(19)10-7-22-14(16-10)17-12(18)9-6-8(15)4-5-11(9)20-2/h4-7H,3H2,1-2H3,(H,16,17,18). The molecule has 0 aliphatic heterocycles. The fourth-order valence-corrected chi connectivity index (χ4v) is 2.33. The van der Waals surface area contributed by atoms with Crippen molar-refractivity contribution >= 4 is 28.3 Å². The minimum absolute atomic E-state index is 0.0374. The minimum Gasteiger partial charge on any atom is -0.496 e. The lowest BCUT2D eigenvalue weighted by molar-refractivity contribution is 0.0520. The number of halogens is 1. The van der Waals surface area contributed by atoms with Crippen molar-refractivity contribution in [2.45, 2.75) is 6.92 Å². The molecule has 8 heteroatoms. The Morgan fingerprint density at radius 1 is 1.41 bits per heavy atom. The van der Waals surface area contributed by atoms with Gasteiger partial charge in [-0.1, -0.05) is 0 Å². The van der Waals surface area contributed by atoms with Crippen LogP contribution in [0.2, 0.25) is 0 Å². The first-order chi connectivity index (χ1) is 10.5. The van der Waals surface area contributed by atoms with Gasteiger partial charge in [0.2, 0.25) is 0 Å². The van der Waals surface area contributed by atoms with E-state index in [1.165, 1.54) is 24.6 Å². The molecule has 1 amide bonds. The molecular weight excluding hydrogens is 311 g/mol. The number of anilines is 1. The van der Waals surface area contributed by atoms with Crippen LogP contribution >= 0.6 is 11.3 Å². The zero-order chi connectivity index (χ0) is 16.1. The number of esters is 1. The summed E-state index contributed by atoms with van der Waals surface area (Å²) >= 11 is 1.07. The van der Waals surface area contributed by atoms with Crippen molar-refractivity contribution in [2.75, 3.05) is 19.0 Å². The molecule has 0 spiro atoms. The lowest BCUT2D eigenvalue weighted by atomic mass is 10.2. The van der Waals surface area contributed by atoms with E-state index < -0.39 is 17.7 Å². The minimum atomic E-state index is -0.582. The number of nitrogens with one attached hydrogen (secondary N) is 1. The molecule has 2 rings (SSSR count). The van der Waals surface area contributed by atoms with E-state index in [2.05, 4.69) is 10.3 Å². The number of aromatic nitrogens is 1. The number of ether oxygens (including phenoxy) is 2. The fourth-order valence-electron chi connectivity index (χ4n) is 1.65. The molecule has 0 radical (unpaired) electrons. The summed E-state index contributed by atoms with van der Waals surface area (Å²) in [4.78, 5) is 27.6. The molecule has 0 bridgehead atoms. The molecule has 0 saturated carbocycles. The number of benzene rings is 1. The van der Waals surface area contributed by atoms with Crippen LogP contribution < -0.4 is 10.1 Å². The summed E-state index contributed by atoms with van der Waals surface area (Å²) in [6.45, 7) is 1.92. The van der Waals surface area contributed by atoms with E-state index in [0.717, 1.165) is 17.4 Å². The van der Waals surface area contributed by atoms with E-state index in [0.29, 0.717) is 0 Å². The normalized spacial score (nSPS) is 10.1. The van der Waals surface area contributed by atoms with E-state index in [-0.39, 0.29) is 28.7 Å². The molecule has 116 valence electrons. The smallest absolute Gasteiger partial charge is 0.357 e. The summed E-state index contributed by atoms with van der Waals surface area (Å²) in [5.74, 6) is -1.47. The number of rotatable bonds is 5. The molecule has 1 aromatic heterocycles. The van der Waals surface area contributed by atoms with E-state index >= 15 is 0 Å². The second-order valence-corrected chi connectivity index (χ2v) is 4.92. The molecule has 1 N–H and O–H groups in total. The molecular formula is C14H13FN2O4S. The Morgan fingerprint density at radius 2 is 2.18 bits per heavy atom. The van der Waals surface area contributed by atoms with Crippen LogP contribution in [-0.2, 0) is 4.74 Å². The summed E-state index contributed by atoms with van der Waals surface area (Å²) in [7, 11) is 1.38. The second-order valence-electron chi connectivity index (χ2n) is 4.06. The van der Waals surface area contributed by atoms with E-state index in [1.807, 2.05) is 0 Å². The first-order valence-electron chi connectivity index (χ1n) is 6.32. The molecule has 2 aromatic rings. The zero-order valence-corrected chi connectivity index (χ0v) is 12.7. The average Bonchev–Trinajstić information content (AvgIpc) is 2.96. The summed E-state index contributed by atoms with van der Waals surface area (Å²) in [6.07, 6.45) is 0. The van der Waals surface area contributed by atoms with Gasteiger partial charge in [-0.3, -0.25) is 10.1 Å². The van der Waals surface area contributed by atoms with Crippen molar-refractivity contribution in [3.63, 3.8) is 0 Å². The maximum absolute atomic E-state index is 13.3. The SMILES string of the molecule is CCOC(=O)c1csc(NC(=O)c2cc(F)ccc2OC)n1. The Hall–Kier alpha value is -2.48. The van der Waals surface area contributed by atoms with Crippen molar-refractivity contribution in [3.8, 4) is 5.75 Å². The van der Waals surface area contributed by atoms with Crippen molar-refractivity contribution < 1.29 is 23.5 Å². The Balaban J connectivity index is 2.16. The third-order valence-corrected chi connectivity index (χ3v) is 3.37. The number of thiazole rings is 1. The van der Waals surface area contributed by atoms with Crippen LogP contribution in [0.1, 0.15) is 27.8 Å². The Bertz CT molecular complexity index is 702. The van der Waals surface area contributed by atoms with Crippen LogP contribution in [0.15, 0.2) is 23.6 Å². The van der Waals surface area contributed by atoms with E-state index in [1.54, 1.807) is 6.92 Å². The van der Waals surface area contributed by atoms with Gasteiger partial charge in [0.05, 0.1) is 19.3 Å². The van der Waals surface area contributed by atoms with Crippen molar-refractivity contribution in [1.29, 1.82) is 0 Å². The summed E-state index contributed by atoms with van der Waals surface area (Å²) in [5.41, 5.74) is 0.142. The van der Waals surface area contributed by atoms with Gasteiger partial charge in [-0.25, -0.2) is 14.2 Å². The summed E-state index contributed by atoms with van der Waals surface area (Å²) in [6, 6.07) is 3.61. The number of carbonyl (C=O) groups is 2. The van der Waals surface area contributed by atoms with Crippen LogP contribution in [0.5, 0.6) is 5.75 Å². The number of carbonyl (C=O) groups excluding carboxylic acids is 2. The summed E-state index contributed by atoms with van der Waals surface area (Å²) < 4.78 is 23.1. The zero-order valence-electron chi connectivity index (χ0n) is 11.9. The largest absolute Gasteiger partial charge is 0.496 e. The third kappa shape index (κ3) is 3.59. The van der Waals surface area contributed by atoms with Gasteiger partial charge < -0.3 is 9.47 Å². The highest BCUT2D eigenvalue weighted by atomic mass is 32.1. The van der Waals surface area contributed by atoms with E-state index in [9.17, 15) is 14.0 Å². The van der Waals surface area contributed by atoms with Gasteiger partial charge in [0.25, 0.3) is 5.91 Å². The Morgan fingerprint density at radius 3 is 2.86 bits per heavy atom. The van der Waals surface area contributed by atoms with Crippen LogP contribution in [-0.4, -0.2) is 30.6 Å². The van der Waals surface area contributed by atoms with Gasteiger partial charge in [0, 0.05) is 5.38 Å². The maximum Gasteiger partial charge on any atom is 0.357 e. The molecule has 0 aliphatic rings. The monoisotopic (exact) mass is 324 g/mol. The van der Waals surface area contributed by atoms with Gasteiger partial charge in [-0.05, 0) is 25.1 Å². The average molecular weight is 324 g/mol. The van der Waals surface area contributed by atoms with Gasteiger partial charge in [-0.2, -0.15) is 0 Å². The molecule has 1 aromatic carbocycles. The number of nitrogens with zero attached hydrogens (tertiary/aromatic N) is 1. The second kappa shape index (κ2) is 6.99. The van der Waals surface area contributed by atoms with Crippen LogP contribution in [0, 0.1) is 5.82 Å². The fraction of sp³-hybridized carbons (Fsp3) is 0.214. The van der Waals surface area contributed by atoms with Crippen LogP contribution in [0.25, 0.3) is 0 Å². The van der Waals surface area contributed by atoms with Gasteiger partial charge in [0.1, 0.15) is 11.6 Å². The predicted octanol–water partition coefficient (Wildman–Crippen LogP) is 2.72. The number of amides is 1. The summed E-state index contributed by atoms with van der Waals surface area (Å²) in [5, 5.41) is 4.17. The highest BCUT2D eigenvalue weighted by Crippen LogP contribution is 2.22. The molecule has 0 saturated heterocycles. The van der Waals surface area contributed by atoms with Crippen LogP contribution in [0.4, 0.5) is 9.52 Å². The Labute approximate surface area is 129 Å². The first kappa shape index (κ1) is 15.9. The molecule has 6 nitrogen and oxygen atoms in total. The third-order valence-electron chi connectivity index (χ3n) is 2.62. The highest BCUT2D eigenvalue weighted by Gasteiger charge is 2.17. The van der Waals surface area contributed by atoms with Crippen molar-refractivity contribution in [2.24, 2.45) is 0 Å². The van der Waals surface area contributed by atoms with Gasteiger partial charge >= 0.3 is 5.97 Å². The molecule has 0 fully saturated rings. The topological polar surface area (TPSA) is 77.5 Å². The molecule has 0 aliphatic carbocycles. The highest BCUT2D eigenvalue weighted by molar-refractivity contribution is 7.14. The number of methoxy groups -OCH3 is 1. The molecule has 0 unspecified atom stereocenters. The lowest BCUT2D eigenvalue weighted by Gasteiger charge is -2.07. The quantitative estimate of drug-likeness (QED) is 0.856. The first-order valence-corrected chi connectivity index (χ1v) is 7.20. The van der Waals surface area contributed by atoms with E-state index in [4.69, 9.17) is 9.47 Å². The van der Waals surface area contributed by atoms with Gasteiger partial charge in [0.15, 0.2) is 10.8 Å². The molecule has 1 heterocycles. The van der Waals surface area contributed by atoms with Crippen LogP contribution in [0.3, 0.4) is 0 Å². The molecule has 0 atom stereocenters. The number of hydrogen-bond acceptors (Lipinski definition) is 6. The lowest BCUT2D eigenvalue weighted by Crippen LogP contribution is -2.14. The van der Waals surface area contributed by atoms with Crippen molar-refractivity contribution in [3.05, 3.63) is 40.7 Å². The molecule has 22 heavy (non-hydrogen) atoms. The Kier molecular flexibility index (Phi) is 5.05. The van der Waals surface area contributed by atoms with Crippen molar-refractivity contribution in [1.82, 2.24) is 4.98 Å².